The van der Waals surface area contributed by atoms with Crippen LogP contribution < -0.4 is 16.6 Å². The molecule has 98 valence electrons. The van der Waals surface area contributed by atoms with Crippen molar-refractivity contribution in [2.45, 2.75) is 25.9 Å². The van der Waals surface area contributed by atoms with Gasteiger partial charge in [-0.2, -0.15) is 0 Å². The molecule has 0 bridgehead atoms. The number of hydrazine groups is 1. The van der Waals surface area contributed by atoms with E-state index in [2.05, 4.69) is 10.7 Å². The number of likely N-dealkylation sites (N-methyl/N-ethyl adjacent to an activating group) is 1. The Morgan fingerprint density at radius 2 is 2.29 bits per heavy atom. The van der Waals surface area contributed by atoms with Crippen molar-refractivity contribution < 1.29 is 14.3 Å². The van der Waals surface area contributed by atoms with Crippen LogP contribution in [0.15, 0.2) is 0 Å². The third-order valence-electron chi connectivity index (χ3n) is 2.84. The highest BCUT2D eigenvalue weighted by Crippen LogP contribution is 2.11. The zero-order valence-electron chi connectivity index (χ0n) is 10.2. The first-order chi connectivity index (χ1) is 8.11. The van der Waals surface area contributed by atoms with E-state index in [9.17, 15) is 9.59 Å². The maximum atomic E-state index is 11.8. The summed E-state index contributed by atoms with van der Waals surface area (Å²) in [6, 6.07) is -0.882. The lowest BCUT2D eigenvalue weighted by Crippen LogP contribution is -2.60. The molecule has 7 heteroatoms. The number of nitrogens with two attached hydrogens (primary N) is 1. The lowest BCUT2D eigenvalue weighted by Gasteiger charge is -2.37. The molecule has 0 aliphatic carbocycles. The van der Waals surface area contributed by atoms with Crippen LogP contribution in [0.25, 0.3) is 0 Å². The fraction of sp³-hybridized carbons (Fsp3) is 0.800. The van der Waals surface area contributed by atoms with Crippen LogP contribution in [0.3, 0.4) is 0 Å². The Labute approximate surface area is 101 Å². The van der Waals surface area contributed by atoms with Gasteiger partial charge < -0.3 is 10.1 Å². The number of carbonyl (C=O) groups excluding carboxylic acids is 2. The summed E-state index contributed by atoms with van der Waals surface area (Å²) in [4.78, 5) is 25.1. The molecule has 0 aromatic carbocycles. The van der Waals surface area contributed by atoms with Gasteiger partial charge in [0.15, 0.2) is 0 Å². The predicted molar refractivity (Wildman–Crippen MR) is 61.8 cm³/mol. The van der Waals surface area contributed by atoms with E-state index >= 15 is 0 Å². The van der Waals surface area contributed by atoms with Gasteiger partial charge in [-0.25, -0.2) is 5.84 Å². The summed E-state index contributed by atoms with van der Waals surface area (Å²) >= 11 is 0. The molecule has 0 radical (unpaired) electrons. The van der Waals surface area contributed by atoms with Crippen LogP contribution in [0.4, 0.5) is 0 Å². The molecule has 0 saturated carbocycles. The Balaban J connectivity index is 2.71. The van der Waals surface area contributed by atoms with Crippen molar-refractivity contribution in [3.63, 3.8) is 0 Å². The molecular weight excluding hydrogens is 224 g/mol. The van der Waals surface area contributed by atoms with E-state index in [4.69, 9.17) is 10.6 Å². The number of nitrogens with one attached hydrogen (secondary N) is 2. The molecule has 0 spiro atoms. The highest BCUT2D eigenvalue weighted by atomic mass is 16.5. The molecule has 4 N–H and O–H groups in total. The first kappa shape index (κ1) is 13.9. The van der Waals surface area contributed by atoms with Gasteiger partial charge in [0.2, 0.25) is 5.91 Å². The molecule has 1 saturated heterocycles. The second kappa shape index (κ2) is 6.53. The van der Waals surface area contributed by atoms with Crippen LogP contribution in [0.1, 0.15) is 13.8 Å². The smallest absolute Gasteiger partial charge is 0.250 e. The summed E-state index contributed by atoms with van der Waals surface area (Å²) in [6.07, 6.45) is 0. The van der Waals surface area contributed by atoms with Crippen LogP contribution >= 0.6 is 0 Å². The van der Waals surface area contributed by atoms with Gasteiger partial charge in [0, 0.05) is 13.1 Å². The number of carbonyl (C=O) groups is 2. The lowest BCUT2D eigenvalue weighted by atomic mass is 10.1. The fourth-order valence-electron chi connectivity index (χ4n) is 1.87. The van der Waals surface area contributed by atoms with Crippen molar-refractivity contribution in [2.24, 2.45) is 5.84 Å². The fourth-order valence-corrected chi connectivity index (χ4v) is 1.87. The zero-order valence-corrected chi connectivity index (χ0v) is 10.2. The topological polar surface area (TPSA) is 96.7 Å². The maximum absolute atomic E-state index is 11.8. The van der Waals surface area contributed by atoms with E-state index in [-0.39, 0.29) is 11.8 Å². The summed E-state index contributed by atoms with van der Waals surface area (Å²) in [6.45, 7) is 5.48. The standard InChI is InChI=1S/C10H20N4O3/c1-3-12-10(16)8-6-17-5-4-14(8)7(2)9(15)13-11/h7-8H,3-6,11H2,1-2H3,(H,12,16)(H,13,15). The molecule has 2 amide bonds. The van der Waals surface area contributed by atoms with Crippen LogP contribution in [-0.4, -0.2) is 55.1 Å². The Morgan fingerprint density at radius 1 is 1.59 bits per heavy atom. The van der Waals surface area contributed by atoms with Crippen molar-refractivity contribution in [2.75, 3.05) is 26.3 Å². The van der Waals surface area contributed by atoms with Crippen molar-refractivity contribution in [3.8, 4) is 0 Å². The van der Waals surface area contributed by atoms with Gasteiger partial charge in [-0.15, -0.1) is 0 Å². The first-order valence-corrected chi connectivity index (χ1v) is 5.73. The van der Waals surface area contributed by atoms with E-state index in [0.29, 0.717) is 26.3 Å². The van der Waals surface area contributed by atoms with Crippen LogP contribution in [0.2, 0.25) is 0 Å². The van der Waals surface area contributed by atoms with Gasteiger partial charge >= 0.3 is 0 Å². The summed E-state index contributed by atoms with van der Waals surface area (Å²) in [5.41, 5.74) is 2.10. The van der Waals surface area contributed by atoms with Crippen LogP contribution in [0, 0.1) is 0 Å². The minimum absolute atomic E-state index is 0.121. The largest absolute Gasteiger partial charge is 0.378 e. The molecule has 0 aromatic rings. The molecule has 1 aliphatic rings. The first-order valence-electron chi connectivity index (χ1n) is 5.73. The molecule has 2 unspecified atom stereocenters. The van der Waals surface area contributed by atoms with E-state index in [1.807, 2.05) is 6.92 Å². The quantitative estimate of drug-likeness (QED) is 0.308. The molecule has 17 heavy (non-hydrogen) atoms. The van der Waals surface area contributed by atoms with Crippen LogP contribution in [-0.2, 0) is 14.3 Å². The highest BCUT2D eigenvalue weighted by Gasteiger charge is 2.34. The molecular formula is C10H20N4O3. The van der Waals surface area contributed by atoms with Gasteiger partial charge in [-0.05, 0) is 13.8 Å². The average molecular weight is 244 g/mol. The predicted octanol–water partition coefficient (Wildman–Crippen LogP) is -1.80. The maximum Gasteiger partial charge on any atom is 0.250 e. The Bertz CT molecular complexity index is 285. The number of nitrogens with zero attached hydrogens (tertiary/aromatic N) is 1. The molecule has 1 rings (SSSR count). The van der Waals surface area contributed by atoms with E-state index in [1.54, 1.807) is 11.8 Å². The minimum Gasteiger partial charge on any atom is -0.378 e. The number of ether oxygens (including phenoxy) is 1. The zero-order chi connectivity index (χ0) is 12.8. The summed E-state index contributed by atoms with van der Waals surface area (Å²) < 4.78 is 5.28. The molecule has 1 fully saturated rings. The number of morpholine rings is 1. The van der Waals surface area contributed by atoms with Crippen molar-refractivity contribution in [1.82, 2.24) is 15.6 Å². The van der Waals surface area contributed by atoms with Gasteiger partial charge in [0.05, 0.1) is 19.3 Å². The Kier molecular flexibility index (Phi) is 5.33. The number of hydrogen-bond acceptors (Lipinski definition) is 5. The highest BCUT2D eigenvalue weighted by molar-refractivity contribution is 5.85. The lowest BCUT2D eigenvalue weighted by molar-refractivity contribution is -0.139. The Morgan fingerprint density at radius 3 is 2.88 bits per heavy atom. The average Bonchev–Trinajstić information content (AvgIpc) is 2.37. The number of rotatable bonds is 4. The van der Waals surface area contributed by atoms with Crippen LogP contribution in [0.5, 0.6) is 0 Å². The van der Waals surface area contributed by atoms with Gasteiger partial charge in [0.1, 0.15) is 6.04 Å². The van der Waals surface area contributed by atoms with E-state index in [0.717, 1.165) is 0 Å². The monoisotopic (exact) mass is 244 g/mol. The minimum atomic E-state index is -0.448. The molecule has 0 aromatic heterocycles. The summed E-state index contributed by atoms with van der Waals surface area (Å²) in [5, 5.41) is 2.73. The summed E-state index contributed by atoms with van der Waals surface area (Å²) in [5.74, 6) is 4.68. The SMILES string of the molecule is CCNC(=O)C1COCCN1C(C)C(=O)NN. The van der Waals surface area contributed by atoms with Gasteiger partial charge in [0.25, 0.3) is 5.91 Å². The molecule has 1 aliphatic heterocycles. The van der Waals surface area contributed by atoms with Crippen molar-refractivity contribution in [3.05, 3.63) is 0 Å². The summed E-state index contributed by atoms with van der Waals surface area (Å²) in [7, 11) is 0. The van der Waals surface area contributed by atoms with Crippen molar-refractivity contribution in [1.29, 1.82) is 0 Å². The number of hydrogen-bond donors (Lipinski definition) is 3. The molecule has 2 atom stereocenters. The second-order valence-corrected chi connectivity index (χ2v) is 3.91. The van der Waals surface area contributed by atoms with Crippen molar-refractivity contribution >= 4 is 11.8 Å². The van der Waals surface area contributed by atoms with Gasteiger partial charge in [-0.1, -0.05) is 0 Å². The number of amides is 2. The van der Waals surface area contributed by atoms with E-state index in [1.165, 1.54) is 0 Å². The Hall–Kier alpha value is -1.18. The van der Waals surface area contributed by atoms with Gasteiger partial charge in [-0.3, -0.25) is 19.9 Å². The normalized spacial score (nSPS) is 22.9. The second-order valence-electron chi connectivity index (χ2n) is 3.91. The third kappa shape index (κ3) is 3.39. The molecule has 7 nitrogen and oxygen atoms in total. The molecule has 1 heterocycles. The van der Waals surface area contributed by atoms with E-state index < -0.39 is 12.1 Å². The third-order valence-corrected chi connectivity index (χ3v) is 2.84.